The molecule has 102 valence electrons. The standard InChI is InChI=1S/C16H16ClN3/c1-20-16-8-3-2-7-14(16)15(19-20)11-18-13-6-4-5-12(9-13)10-17/h2-9,18H,10-11H2,1H3. The number of halogens is 1. The number of hydrogen-bond donors (Lipinski definition) is 1. The first-order chi connectivity index (χ1) is 9.78. The minimum Gasteiger partial charge on any atom is -0.379 e. The third-order valence-electron chi connectivity index (χ3n) is 3.38. The topological polar surface area (TPSA) is 29.9 Å². The predicted octanol–water partition coefficient (Wildman–Crippen LogP) is 3.92. The Balaban J connectivity index is 1.83. The van der Waals surface area contributed by atoms with E-state index in [4.69, 9.17) is 11.6 Å². The van der Waals surface area contributed by atoms with Gasteiger partial charge in [0.1, 0.15) is 0 Å². The van der Waals surface area contributed by atoms with Gasteiger partial charge in [0.05, 0.1) is 17.8 Å². The number of aromatic nitrogens is 2. The van der Waals surface area contributed by atoms with Crippen LogP contribution in [0.1, 0.15) is 11.3 Å². The van der Waals surface area contributed by atoms with E-state index in [1.807, 2.05) is 42.1 Å². The molecule has 0 aliphatic rings. The zero-order chi connectivity index (χ0) is 13.9. The van der Waals surface area contributed by atoms with Crippen molar-refractivity contribution in [2.24, 2.45) is 7.05 Å². The van der Waals surface area contributed by atoms with E-state index in [0.29, 0.717) is 12.4 Å². The van der Waals surface area contributed by atoms with Gasteiger partial charge in [0, 0.05) is 24.0 Å². The zero-order valence-corrected chi connectivity index (χ0v) is 12.1. The summed E-state index contributed by atoms with van der Waals surface area (Å²) in [6, 6.07) is 16.4. The van der Waals surface area contributed by atoms with Crippen LogP contribution in [-0.4, -0.2) is 9.78 Å². The summed E-state index contributed by atoms with van der Waals surface area (Å²) in [6.07, 6.45) is 0. The third-order valence-corrected chi connectivity index (χ3v) is 3.68. The Morgan fingerprint density at radius 1 is 1.15 bits per heavy atom. The monoisotopic (exact) mass is 285 g/mol. The Hall–Kier alpha value is -2.00. The molecule has 0 aliphatic heterocycles. The number of rotatable bonds is 4. The van der Waals surface area contributed by atoms with Crippen LogP contribution in [0.25, 0.3) is 10.9 Å². The Morgan fingerprint density at radius 3 is 2.85 bits per heavy atom. The van der Waals surface area contributed by atoms with Crippen molar-refractivity contribution in [2.45, 2.75) is 12.4 Å². The maximum absolute atomic E-state index is 5.85. The number of anilines is 1. The predicted molar refractivity (Wildman–Crippen MR) is 84.0 cm³/mol. The van der Waals surface area contributed by atoms with Crippen molar-refractivity contribution in [2.75, 3.05) is 5.32 Å². The second-order valence-electron chi connectivity index (χ2n) is 4.78. The Kier molecular flexibility index (Phi) is 3.61. The van der Waals surface area contributed by atoms with E-state index in [9.17, 15) is 0 Å². The van der Waals surface area contributed by atoms with Gasteiger partial charge in [-0.05, 0) is 23.8 Å². The highest BCUT2D eigenvalue weighted by Gasteiger charge is 2.07. The molecule has 0 amide bonds. The lowest BCUT2D eigenvalue weighted by Crippen LogP contribution is -2.01. The normalized spacial score (nSPS) is 10.9. The minimum absolute atomic E-state index is 0.530. The van der Waals surface area contributed by atoms with Gasteiger partial charge in [-0.3, -0.25) is 4.68 Å². The lowest BCUT2D eigenvalue weighted by Gasteiger charge is -2.06. The van der Waals surface area contributed by atoms with Crippen molar-refractivity contribution in [3.05, 3.63) is 59.8 Å². The summed E-state index contributed by atoms with van der Waals surface area (Å²) in [5.41, 5.74) is 4.39. The second-order valence-corrected chi connectivity index (χ2v) is 5.04. The summed E-state index contributed by atoms with van der Waals surface area (Å²) in [6.45, 7) is 0.701. The van der Waals surface area contributed by atoms with Crippen LogP contribution in [0.3, 0.4) is 0 Å². The van der Waals surface area contributed by atoms with Gasteiger partial charge in [0.25, 0.3) is 0 Å². The molecular weight excluding hydrogens is 270 g/mol. The van der Waals surface area contributed by atoms with Crippen molar-refractivity contribution >= 4 is 28.2 Å². The van der Waals surface area contributed by atoms with Gasteiger partial charge in [0.15, 0.2) is 0 Å². The molecule has 0 fully saturated rings. The highest BCUT2D eigenvalue weighted by Crippen LogP contribution is 2.19. The SMILES string of the molecule is Cn1nc(CNc2cccc(CCl)c2)c2ccccc21. The van der Waals surface area contributed by atoms with Crippen molar-refractivity contribution in [3.63, 3.8) is 0 Å². The second kappa shape index (κ2) is 5.55. The van der Waals surface area contributed by atoms with Crippen LogP contribution >= 0.6 is 11.6 Å². The third kappa shape index (κ3) is 2.49. The van der Waals surface area contributed by atoms with Crippen LogP contribution in [0.4, 0.5) is 5.69 Å². The Morgan fingerprint density at radius 2 is 2.00 bits per heavy atom. The van der Waals surface area contributed by atoms with E-state index in [1.165, 1.54) is 5.39 Å². The first kappa shape index (κ1) is 13.0. The quantitative estimate of drug-likeness (QED) is 0.736. The van der Waals surface area contributed by atoms with Crippen molar-refractivity contribution in [1.82, 2.24) is 9.78 Å². The molecule has 0 bridgehead atoms. The van der Waals surface area contributed by atoms with E-state index in [2.05, 4.69) is 28.6 Å². The maximum Gasteiger partial charge on any atom is 0.0894 e. The van der Waals surface area contributed by atoms with Crippen molar-refractivity contribution < 1.29 is 0 Å². The molecule has 3 nitrogen and oxygen atoms in total. The molecule has 0 saturated heterocycles. The van der Waals surface area contributed by atoms with Crippen LogP contribution in [0.2, 0.25) is 0 Å². The lowest BCUT2D eigenvalue weighted by atomic mass is 10.2. The van der Waals surface area contributed by atoms with Gasteiger partial charge in [0.2, 0.25) is 0 Å². The lowest BCUT2D eigenvalue weighted by molar-refractivity contribution is 0.771. The average molecular weight is 286 g/mol. The maximum atomic E-state index is 5.85. The fraction of sp³-hybridized carbons (Fsp3) is 0.188. The molecule has 0 aliphatic carbocycles. The first-order valence-corrected chi connectivity index (χ1v) is 7.11. The number of alkyl halides is 1. The molecule has 20 heavy (non-hydrogen) atoms. The molecule has 2 aromatic carbocycles. The van der Waals surface area contributed by atoms with Gasteiger partial charge in [-0.1, -0.05) is 30.3 Å². The number of nitrogens with one attached hydrogen (secondary N) is 1. The molecule has 0 atom stereocenters. The van der Waals surface area contributed by atoms with E-state index >= 15 is 0 Å². The first-order valence-electron chi connectivity index (χ1n) is 6.57. The summed E-state index contributed by atoms with van der Waals surface area (Å²) >= 11 is 5.85. The Bertz CT molecular complexity index is 733. The molecular formula is C16H16ClN3. The fourth-order valence-corrected chi connectivity index (χ4v) is 2.54. The smallest absolute Gasteiger partial charge is 0.0894 e. The van der Waals surface area contributed by atoms with Crippen molar-refractivity contribution in [3.8, 4) is 0 Å². The molecule has 0 spiro atoms. The van der Waals surface area contributed by atoms with E-state index in [1.54, 1.807) is 0 Å². The number of aryl methyl sites for hydroxylation is 1. The summed E-state index contributed by atoms with van der Waals surface area (Å²) in [5.74, 6) is 0.530. The molecule has 0 radical (unpaired) electrons. The van der Waals surface area contributed by atoms with Gasteiger partial charge in [-0.25, -0.2) is 0 Å². The van der Waals surface area contributed by atoms with E-state index < -0.39 is 0 Å². The van der Waals surface area contributed by atoms with E-state index in [-0.39, 0.29) is 0 Å². The summed E-state index contributed by atoms with van der Waals surface area (Å²) < 4.78 is 1.92. The Labute approximate surface area is 123 Å². The van der Waals surface area contributed by atoms with Gasteiger partial charge in [-0.2, -0.15) is 5.10 Å². The number of hydrogen-bond acceptors (Lipinski definition) is 2. The van der Waals surface area contributed by atoms with E-state index in [0.717, 1.165) is 22.5 Å². The van der Waals surface area contributed by atoms with Crippen LogP contribution in [0, 0.1) is 0 Å². The van der Waals surface area contributed by atoms with Gasteiger partial charge < -0.3 is 5.32 Å². The number of nitrogens with zero attached hydrogens (tertiary/aromatic N) is 2. The highest BCUT2D eigenvalue weighted by molar-refractivity contribution is 6.17. The number of fused-ring (bicyclic) bond motifs is 1. The van der Waals surface area contributed by atoms with Crippen LogP contribution in [-0.2, 0) is 19.5 Å². The minimum atomic E-state index is 0.530. The summed E-state index contributed by atoms with van der Waals surface area (Å²) in [7, 11) is 1.97. The van der Waals surface area contributed by atoms with Gasteiger partial charge >= 0.3 is 0 Å². The highest BCUT2D eigenvalue weighted by atomic mass is 35.5. The largest absolute Gasteiger partial charge is 0.379 e. The molecule has 0 saturated carbocycles. The summed E-state index contributed by atoms with van der Waals surface area (Å²) in [5, 5.41) is 9.17. The van der Waals surface area contributed by atoms with Crippen LogP contribution in [0.15, 0.2) is 48.5 Å². The van der Waals surface area contributed by atoms with Crippen molar-refractivity contribution in [1.29, 1.82) is 0 Å². The van der Waals surface area contributed by atoms with Crippen LogP contribution < -0.4 is 5.32 Å². The molecule has 1 heterocycles. The number of benzene rings is 2. The zero-order valence-electron chi connectivity index (χ0n) is 11.3. The molecule has 1 N–H and O–H groups in total. The summed E-state index contributed by atoms with van der Waals surface area (Å²) in [4.78, 5) is 0. The number of para-hydroxylation sites is 1. The molecule has 3 aromatic rings. The molecule has 3 rings (SSSR count). The molecule has 1 aromatic heterocycles. The van der Waals surface area contributed by atoms with Gasteiger partial charge in [-0.15, -0.1) is 11.6 Å². The molecule has 4 heteroatoms. The fourth-order valence-electron chi connectivity index (χ4n) is 2.37. The molecule has 0 unspecified atom stereocenters. The van der Waals surface area contributed by atoms with Crippen LogP contribution in [0.5, 0.6) is 0 Å². The average Bonchev–Trinajstić information content (AvgIpc) is 2.82.